The summed E-state index contributed by atoms with van der Waals surface area (Å²) in [6.07, 6.45) is 16.0. The first-order valence-electron chi connectivity index (χ1n) is 12.7. The molecule has 0 N–H and O–H groups in total. The summed E-state index contributed by atoms with van der Waals surface area (Å²) in [6, 6.07) is 4.44. The minimum absolute atomic E-state index is 0.278. The van der Waals surface area contributed by atoms with Gasteiger partial charge in [0.25, 0.3) is 0 Å². The highest BCUT2D eigenvalue weighted by Gasteiger charge is 2.31. The molecule has 0 bridgehead atoms. The van der Waals surface area contributed by atoms with Crippen molar-refractivity contribution in [2.45, 2.75) is 96.3 Å². The normalized spacial score (nSPS) is 26.0. The summed E-state index contributed by atoms with van der Waals surface area (Å²) in [7, 11) is 0. The molecular formula is C28H40F2O2. The van der Waals surface area contributed by atoms with Gasteiger partial charge in [0.2, 0.25) is 0 Å². The Bertz CT molecular complexity index is 744. The van der Waals surface area contributed by atoms with Crippen molar-refractivity contribution in [1.29, 1.82) is 0 Å². The van der Waals surface area contributed by atoms with E-state index in [1.807, 2.05) is 0 Å². The van der Waals surface area contributed by atoms with Gasteiger partial charge in [0.15, 0.2) is 11.6 Å². The van der Waals surface area contributed by atoms with Crippen molar-refractivity contribution in [2.75, 3.05) is 6.61 Å². The van der Waals surface area contributed by atoms with E-state index in [4.69, 9.17) is 4.74 Å². The first-order valence-corrected chi connectivity index (χ1v) is 12.7. The highest BCUT2D eigenvalue weighted by Crippen LogP contribution is 2.44. The first kappa shape index (κ1) is 24.9. The molecule has 2 nitrogen and oxygen atoms in total. The lowest BCUT2D eigenvalue weighted by atomic mass is 9.68. The Kier molecular flexibility index (Phi) is 9.74. The molecule has 2 aliphatic rings. The quantitative estimate of drug-likeness (QED) is 0.206. The molecule has 1 aromatic carbocycles. The number of esters is 1. The van der Waals surface area contributed by atoms with Crippen molar-refractivity contribution in [3.8, 4) is 0 Å². The van der Waals surface area contributed by atoms with Crippen LogP contribution in [-0.2, 0) is 9.53 Å². The molecule has 4 heteroatoms. The molecule has 0 unspecified atom stereocenters. The third-order valence-electron chi connectivity index (χ3n) is 7.83. The van der Waals surface area contributed by atoms with Gasteiger partial charge in [0.05, 0.1) is 6.61 Å². The van der Waals surface area contributed by atoms with Crippen LogP contribution in [0.15, 0.2) is 30.4 Å². The maximum atomic E-state index is 13.6. The predicted molar refractivity (Wildman–Crippen MR) is 125 cm³/mol. The van der Waals surface area contributed by atoms with Gasteiger partial charge in [-0.25, -0.2) is 13.6 Å². The fourth-order valence-electron chi connectivity index (χ4n) is 5.82. The zero-order valence-electron chi connectivity index (χ0n) is 19.7. The summed E-state index contributed by atoms with van der Waals surface area (Å²) in [5.74, 6) is 1.21. The van der Waals surface area contributed by atoms with E-state index in [-0.39, 0.29) is 5.97 Å². The predicted octanol–water partition coefficient (Wildman–Crippen LogP) is 8.11. The number of unbranched alkanes of at least 4 members (excludes halogenated alkanes) is 3. The molecule has 32 heavy (non-hydrogen) atoms. The molecule has 2 fully saturated rings. The highest BCUT2D eigenvalue weighted by atomic mass is 19.2. The summed E-state index contributed by atoms with van der Waals surface area (Å²) in [4.78, 5) is 11.3. The lowest BCUT2D eigenvalue weighted by Gasteiger charge is -2.38. The fourth-order valence-corrected chi connectivity index (χ4v) is 5.82. The Labute approximate surface area is 192 Å². The number of carbonyl (C=O) groups excluding carboxylic acids is 1. The number of benzene rings is 1. The molecule has 0 atom stereocenters. The van der Waals surface area contributed by atoms with E-state index in [0.29, 0.717) is 18.1 Å². The lowest BCUT2D eigenvalue weighted by Crippen LogP contribution is -2.25. The number of halogens is 2. The second-order valence-corrected chi connectivity index (χ2v) is 10.2. The monoisotopic (exact) mass is 446 g/mol. The molecule has 2 saturated carbocycles. The van der Waals surface area contributed by atoms with E-state index in [1.54, 1.807) is 13.0 Å². The van der Waals surface area contributed by atoms with Crippen LogP contribution in [0.25, 0.3) is 0 Å². The van der Waals surface area contributed by atoms with Gasteiger partial charge in [-0.15, -0.1) is 0 Å². The smallest absolute Gasteiger partial charge is 0.333 e. The van der Waals surface area contributed by atoms with Gasteiger partial charge < -0.3 is 4.74 Å². The SMILES string of the molecule is C=C(C)C(=O)OCCCCCCC1CCC(C2CCC(c3ccc(F)c(F)c3)CC2)CC1. The van der Waals surface area contributed by atoms with Crippen LogP contribution in [0.4, 0.5) is 8.78 Å². The molecule has 0 radical (unpaired) electrons. The molecule has 0 spiro atoms. The highest BCUT2D eigenvalue weighted by molar-refractivity contribution is 5.86. The Morgan fingerprint density at radius 3 is 2.16 bits per heavy atom. The molecule has 0 amide bonds. The maximum absolute atomic E-state index is 13.6. The first-order chi connectivity index (χ1) is 15.4. The zero-order chi connectivity index (χ0) is 22.9. The summed E-state index contributed by atoms with van der Waals surface area (Å²) in [5, 5.41) is 0. The number of hydrogen-bond donors (Lipinski definition) is 0. The fraction of sp³-hybridized carbons (Fsp3) is 0.679. The van der Waals surface area contributed by atoms with Gasteiger partial charge in [-0.05, 0) is 93.2 Å². The average Bonchev–Trinajstić information content (AvgIpc) is 2.80. The van der Waals surface area contributed by atoms with Crippen LogP contribution < -0.4 is 0 Å². The zero-order valence-corrected chi connectivity index (χ0v) is 19.7. The summed E-state index contributed by atoms with van der Waals surface area (Å²) >= 11 is 0. The number of rotatable bonds is 10. The van der Waals surface area contributed by atoms with E-state index in [1.165, 1.54) is 69.9 Å². The van der Waals surface area contributed by atoms with Gasteiger partial charge in [0, 0.05) is 5.57 Å². The molecule has 3 rings (SSSR count). The van der Waals surface area contributed by atoms with E-state index in [0.717, 1.165) is 49.0 Å². The Morgan fingerprint density at radius 1 is 0.906 bits per heavy atom. The van der Waals surface area contributed by atoms with E-state index >= 15 is 0 Å². The van der Waals surface area contributed by atoms with Crippen LogP contribution in [-0.4, -0.2) is 12.6 Å². The molecule has 0 heterocycles. The maximum Gasteiger partial charge on any atom is 0.333 e. The van der Waals surface area contributed by atoms with Gasteiger partial charge in [-0.2, -0.15) is 0 Å². The van der Waals surface area contributed by atoms with Crippen LogP contribution in [0.1, 0.15) is 102 Å². The van der Waals surface area contributed by atoms with Crippen LogP contribution in [0.5, 0.6) is 0 Å². The number of carbonyl (C=O) groups is 1. The Morgan fingerprint density at radius 2 is 1.53 bits per heavy atom. The van der Waals surface area contributed by atoms with E-state index in [9.17, 15) is 13.6 Å². The van der Waals surface area contributed by atoms with Crippen LogP contribution in [0, 0.1) is 29.4 Å². The molecule has 2 aliphatic carbocycles. The molecule has 1 aromatic rings. The molecule has 0 saturated heterocycles. The van der Waals surface area contributed by atoms with Crippen LogP contribution in [0.2, 0.25) is 0 Å². The van der Waals surface area contributed by atoms with Crippen molar-refractivity contribution < 1.29 is 18.3 Å². The second kappa shape index (κ2) is 12.5. The summed E-state index contributed by atoms with van der Waals surface area (Å²) in [5.41, 5.74) is 1.44. The third-order valence-corrected chi connectivity index (χ3v) is 7.83. The van der Waals surface area contributed by atoms with Crippen molar-refractivity contribution in [2.24, 2.45) is 17.8 Å². The number of hydrogen-bond acceptors (Lipinski definition) is 2. The molecule has 178 valence electrons. The Hall–Kier alpha value is -1.71. The summed E-state index contributed by atoms with van der Waals surface area (Å²) < 4.78 is 31.9. The van der Waals surface area contributed by atoms with Gasteiger partial charge in [-0.1, -0.05) is 51.2 Å². The average molecular weight is 447 g/mol. The molecule has 0 aliphatic heterocycles. The van der Waals surface area contributed by atoms with E-state index < -0.39 is 11.6 Å². The van der Waals surface area contributed by atoms with Crippen molar-refractivity contribution >= 4 is 5.97 Å². The lowest BCUT2D eigenvalue weighted by molar-refractivity contribution is -0.139. The van der Waals surface area contributed by atoms with Crippen molar-refractivity contribution in [3.63, 3.8) is 0 Å². The number of ether oxygens (including phenoxy) is 1. The minimum Gasteiger partial charge on any atom is -0.462 e. The van der Waals surface area contributed by atoms with Gasteiger partial charge in [-0.3, -0.25) is 0 Å². The van der Waals surface area contributed by atoms with Crippen LogP contribution in [0.3, 0.4) is 0 Å². The Balaban J connectivity index is 1.26. The standard InChI is InChI=1S/C28H40F2O2/c1-20(2)28(31)32-18-6-4-3-5-7-21-8-10-22(11-9-21)23-12-14-24(15-13-23)25-16-17-26(29)27(30)19-25/h16-17,19,21-24H,1,3-15,18H2,2H3. The van der Waals surface area contributed by atoms with Gasteiger partial charge >= 0.3 is 5.97 Å². The van der Waals surface area contributed by atoms with Crippen molar-refractivity contribution in [1.82, 2.24) is 0 Å². The molecule has 0 aromatic heterocycles. The molecular weight excluding hydrogens is 406 g/mol. The summed E-state index contributed by atoms with van der Waals surface area (Å²) in [6.45, 7) is 5.78. The third kappa shape index (κ3) is 7.42. The van der Waals surface area contributed by atoms with Gasteiger partial charge in [0.1, 0.15) is 0 Å². The largest absolute Gasteiger partial charge is 0.462 e. The topological polar surface area (TPSA) is 26.3 Å². The van der Waals surface area contributed by atoms with Crippen LogP contribution >= 0.6 is 0 Å². The minimum atomic E-state index is -0.747. The second-order valence-electron chi connectivity index (χ2n) is 10.2. The van der Waals surface area contributed by atoms with Crippen molar-refractivity contribution in [3.05, 3.63) is 47.5 Å². The van der Waals surface area contributed by atoms with E-state index in [2.05, 4.69) is 6.58 Å².